The van der Waals surface area contributed by atoms with Crippen molar-refractivity contribution < 1.29 is 14.3 Å². The third kappa shape index (κ3) is 4.02. The van der Waals surface area contributed by atoms with E-state index >= 15 is 0 Å². The maximum Gasteiger partial charge on any atom is 0.157 e. The molecular weight excluding hydrogens is 360 g/mol. The molecule has 3 heteroatoms. The van der Waals surface area contributed by atoms with Crippen molar-refractivity contribution in [2.24, 2.45) is 23.2 Å². The van der Waals surface area contributed by atoms with Gasteiger partial charge in [-0.3, -0.25) is 4.79 Å². The van der Waals surface area contributed by atoms with Crippen LogP contribution in [0.5, 0.6) is 0 Å². The van der Waals surface area contributed by atoms with Gasteiger partial charge >= 0.3 is 0 Å². The number of hydrogen-bond acceptors (Lipinski definition) is 3. The van der Waals surface area contributed by atoms with Crippen LogP contribution in [0, 0.1) is 23.2 Å². The molecule has 1 aliphatic heterocycles. The largest absolute Gasteiger partial charge is 0.353 e. The Morgan fingerprint density at radius 1 is 0.966 bits per heavy atom. The van der Waals surface area contributed by atoms with Crippen LogP contribution < -0.4 is 0 Å². The van der Waals surface area contributed by atoms with Crippen LogP contribution in [-0.2, 0) is 14.3 Å². The lowest BCUT2D eigenvalue weighted by Crippen LogP contribution is -2.40. The van der Waals surface area contributed by atoms with Crippen molar-refractivity contribution in [2.75, 3.05) is 13.2 Å². The Bertz CT molecular complexity index is 671. The van der Waals surface area contributed by atoms with E-state index in [2.05, 4.69) is 12.2 Å². The van der Waals surface area contributed by atoms with Gasteiger partial charge in [-0.05, 0) is 93.8 Å². The molecule has 1 saturated heterocycles. The fraction of sp³-hybridized carbons (Fsp3) is 0.808. The quantitative estimate of drug-likeness (QED) is 0.522. The van der Waals surface area contributed by atoms with E-state index in [4.69, 9.17) is 9.47 Å². The molecule has 0 spiro atoms. The van der Waals surface area contributed by atoms with Gasteiger partial charge < -0.3 is 9.47 Å². The highest BCUT2D eigenvalue weighted by Crippen LogP contribution is 2.62. The van der Waals surface area contributed by atoms with Crippen LogP contribution in [0.25, 0.3) is 0 Å². The molecule has 3 nitrogen and oxygen atoms in total. The van der Waals surface area contributed by atoms with Crippen molar-refractivity contribution in [3.63, 3.8) is 0 Å². The second kappa shape index (κ2) is 8.67. The number of Topliss-reactive ketones (excluding diaryl/α,β-unsaturated/α-hetero) is 1. The summed E-state index contributed by atoms with van der Waals surface area (Å²) in [6.45, 7) is 1.55. The molecule has 29 heavy (non-hydrogen) atoms. The number of ketones is 1. The molecule has 0 aromatic rings. The highest BCUT2D eigenvalue weighted by Gasteiger charge is 2.51. The summed E-state index contributed by atoms with van der Waals surface area (Å²) in [5.41, 5.74) is 4.08. The van der Waals surface area contributed by atoms with Gasteiger partial charge in [-0.25, -0.2) is 0 Å². The van der Waals surface area contributed by atoms with E-state index in [0.29, 0.717) is 23.7 Å². The first-order chi connectivity index (χ1) is 14.3. The van der Waals surface area contributed by atoms with Crippen molar-refractivity contribution >= 4 is 5.78 Å². The average molecular weight is 399 g/mol. The van der Waals surface area contributed by atoms with E-state index in [-0.39, 0.29) is 6.29 Å². The molecule has 0 aromatic heterocycles. The molecule has 3 saturated carbocycles. The fourth-order valence-electron chi connectivity index (χ4n) is 7.50. The first kappa shape index (κ1) is 20.0. The summed E-state index contributed by atoms with van der Waals surface area (Å²) in [5, 5.41) is 0. The molecule has 1 heterocycles. The molecule has 5 atom stereocenters. The number of fused-ring (bicyclic) bond motifs is 4. The minimum Gasteiger partial charge on any atom is -0.353 e. The molecule has 0 N–H and O–H groups in total. The van der Waals surface area contributed by atoms with Gasteiger partial charge in [0.05, 0.1) is 6.61 Å². The first-order valence-electron chi connectivity index (χ1n) is 12.4. The predicted octanol–water partition coefficient (Wildman–Crippen LogP) is 6.13. The molecule has 5 aliphatic rings. The summed E-state index contributed by atoms with van der Waals surface area (Å²) in [6.07, 6.45) is 21.6. The number of allylic oxidation sites excluding steroid dienone is 3. The Morgan fingerprint density at radius 3 is 2.83 bits per heavy atom. The molecule has 2 unspecified atom stereocenters. The number of hydrogen-bond donors (Lipinski definition) is 0. The Labute approximate surface area is 176 Å². The van der Waals surface area contributed by atoms with Gasteiger partial charge in [-0.2, -0.15) is 0 Å². The zero-order valence-corrected chi connectivity index (χ0v) is 18.0. The average Bonchev–Trinajstić information content (AvgIpc) is 3.18. The van der Waals surface area contributed by atoms with Gasteiger partial charge in [-0.1, -0.05) is 29.7 Å². The standard InChI is InChI=1S/C26H38O3/c27-20-9-11-21-19(18-20)8-10-23-22(21)12-15-26(14-5-6-24(23)26)13-2-4-17-29-25-7-1-3-16-28-25/h2,4,19,23-25H,1,3,5-18H2/t19?,23-,24+,25?,26+/m1/s1. The van der Waals surface area contributed by atoms with Crippen LogP contribution in [-0.4, -0.2) is 25.3 Å². The maximum absolute atomic E-state index is 11.9. The molecule has 5 rings (SSSR count). The summed E-state index contributed by atoms with van der Waals surface area (Å²) >= 11 is 0. The van der Waals surface area contributed by atoms with Crippen LogP contribution in [0.2, 0.25) is 0 Å². The van der Waals surface area contributed by atoms with Gasteiger partial charge in [0.2, 0.25) is 0 Å². The molecule has 4 aliphatic carbocycles. The predicted molar refractivity (Wildman–Crippen MR) is 114 cm³/mol. The highest BCUT2D eigenvalue weighted by molar-refractivity contribution is 5.80. The zero-order chi connectivity index (χ0) is 19.7. The molecule has 0 radical (unpaired) electrons. The Kier molecular flexibility index (Phi) is 5.98. The number of carbonyl (C=O) groups excluding carboxylic acids is 1. The van der Waals surface area contributed by atoms with E-state index in [1.807, 2.05) is 5.57 Å². The van der Waals surface area contributed by atoms with Gasteiger partial charge in [0, 0.05) is 19.4 Å². The molecule has 0 aromatic carbocycles. The monoisotopic (exact) mass is 398 g/mol. The van der Waals surface area contributed by atoms with Crippen molar-refractivity contribution in [1.29, 1.82) is 0 Å². The highest BCUT2D eigenvalue weighted by atomic mass is 16.7. The fourth-order valence-corrected chi connectivity index (χ4v) is 7.50. The lowest BCUT2D eigenvalue weighted by atomic mass is 9.55. The van der Waals surface area contributed by atoms with Crippen molar-refractivity contribution in [1.82, 2.24) is 0 Å². The van der Waals surface area contributed by atoms with Crippen LogP contribution in [0.15, 0.2) is 23.3 Å². The maximum atomic E-state index is 11.9. The SMILES string of the molecule is O=C1CCC2=C3CC[C@]4(CC=CCOC5CCCCO5)CCC[C@H]4[C@@H]3CCC2C1. The van der Waals surface area contributed by atoms with E-state index < -0.39 is 0 Å². The number of ether oxygens (including phenoxy) is 2. The second-order valence-electron chi connectivity index (χ2n) is 10.3. The smallest absolute Gasteiger partial charge is 0.157 e. The third-order valence-corrected chi connectivity index (χ3v) is 8.89. The number of carbonyl (C=O) groups is 1. The van der Waals surface area contributed by atoms with E-state index in [9.17, 15) is 4.79 Å². The summed E-state index contributed by atoms with van der Waals surface area (Å²) < 4.78 is 11.6. The topological polar surface area (TPSA) is 35.5 Å². The molecular formula is C26H38O3. The summed E-state index contributed by atoms with van der Waals surface area (Å²) in [5.74, 6) is 2.82. The Balaban J connectivity index is 1.22. The van der Waals surface area contributed by atoms with Gasteiger partial charge in [-0.15, -0.1) is 0 Å². The minimum atomic E-state index is 0.0206. The Morgan fingerprint density at radius 2 is 1.93 bits per heavy atom. The van der Waals surface area contributed by atoms with Crippen molar-refractivity contribution in [3.8, 4) is 0 Å². The lowest BCUT2D eigenvalue weighted by molar-refractivity contribution is -0.155. The number of rotatable bonds is 5. The van der Waals surface area contributed by atoms with E-state index in [1.54, 1.807) is 5.57 Å². The summed E-state index contributed by atoms with van der Waals surface area (Å²) in [6, 6.07) is 0. The van der Waals surface area contributed by atoms with Crippen LogP contribution in [0.1, 0.15) is 89.9 Å². The van der Waals surface area contributed by atoms with Crippen LogP contribution in [0.4, 0.5) is 0 Å². The molecule has 4 fully saturated rings. The third-order valence-electron chi connectivity index (χ3n) is 8.89. The first-order valence-corrected chi connectivity index (χ1v) is 12.4. The molecule has 160 valence electrons. The second-order valence-corrected chi connectivity index (χ2v) is 10.3. The Hall–Kier alpha value is -0.930. The summed E-state index contributed by atoms with van der Waals surface area (Å²) in [4.78, 5) is 11.9. The normalized spacial score (nSPS) is 40.1. The van der Waals surface area contributed by atoms with Gasteiger partial charge in [0.1, 0.15) is 5.78 Å². The summed E-state index contributed by atoms with van der Waals surface area (Å²) in [7, 11) is 0. The van der Waals surface area contributed by atoms with Crippen molar-refractivity contribution in [2.45, 2.75) is 96.2 Å². The van der Waals surface area contributed by atoms with E-state index in [0.717, 1.165) is 44.1 Å². The van der Waals surface area contributed by atoms with Crippen molar-refractivity contribution in [3.05, 3.63) is 23.3 Å². The van der Waals surface area contributed by atoms with Crippen LogP contribution >= 0.6 is 0 Å². The van der Waals surface area contributed by atoms with Gasteiger partial charge in [0.15, 0.2) is 6.29 Å². The molecule has 0 bridgehead atoms. The van der Waals surface area contributed by atoms with Crippen LogP contribution in [0.3, 0.4) is 0 Å². The lowest BCUT2D eigenvalue weighted by Gasteiger charge is -2.50. The molecule has 0 amide bonds. The minimum absolute atomic E-state index is 0.0206. The zero-order valence-electron chi connectivity index (χ0n) is 18.0. The van der Waals surface area contributed by atoms with Gasteiger partial charge in [0.25, 0.3) is 0 Å². The van der Waals surface area contributed by atoms with E-state index in [1.165, 1.54) is 64.2 Å².